The number of halogens is 1. The van der Waals surface area contributed by atoms with Gasteiger partial charge in [0.15, 0.2) is 0 Å². The number of nitrogen functional groups attached to an aromatic ring is 1. The Morgan fingerprint density at radius 2 is 1.70 bits per heavy atom. The summed E-state index contributed by atoms with van der Waals surface area (Å²) >= 11 is 9.09. The molecule has 4 aromatic carbocycles. The third-order valence-corrected chi connectivity index (χ3v) is 11.1. The molecule has 1 aliphatic carbocycles. The van der Waals surface area contributed by atoms with Crippen LogP contribution in [0.3, 0.4) is 0 Å². The molecule has 4 aromatic rings. The van der Waals surface area contributed by atoms with Crippen LogP contribution in [0.2, 0.25) is 5.02 Å². The highest BCUT2D eigenvalue weighted by atomic mass is 35.5. The first kappa shape index (κ1) is 39.9. The summed E-state index contributed by atoms with van der Waals surface area (Å²) in [6.45, 7) is 5.67. The van der Waals surface area contributed by atoms with Gasteiger partial charge in [0.25, 0.3) is 11.6 Å². The second-order valence-corrected chi connectivity index (χ2v) is 15.2. The van der Waals surface area contributed by atoms with Crippen LogP contribution in [0.1, 0.15) is 41.6 Å². The second-order valence-electron chi connectivity index (χ2n) is 12.7. The lowest BCUT2D eigenvalue weighted by molar-refractivity contribution is -0.384. The number of anilines is 2. The highest BCUT2D eigenvalue weighted by molar-refractivity contribution is 8.03. The number of nitro benzene ring substituents is 1. The largest absolute Gasteiger partial charge is 0.393 e. The van der Waals surface area contributed by atoms with Gasteiger partial charge in [-0.1, -0.05) is 66.2 Å². The van der Waals surface area contributed by atoms with E-state index in [-0.39, 0.29) is 17.3 Å². The molecule has 1 fully saturated rings. The van der Waals surface area contributed by atoms with Gasteiger partial charge in [-0.15, -0.1) is 11.8 Å². The van der Waals surface area contributed by atoms with Gasteiger partial charge in [0, 0.05) is 64.9 Å². The van der Waals surface area contributed by atoms with Gasteiger partial charge in [0.2, 0.25) is 0 Å². The van der Waals surface area contributed by atoms with Crippen molar-refractivity contribution in [1.82, 2.24) is 14.9 Å². The van der Waals surface area contributed by atoms with Gasteiger partial charge >= 0.3 is 0 Å². The Balaban J connectivity index is 0.000000352. The average Bonchev–Trinajstić information content (AvgIpc) is 3.19. The number of nitrogens with two attached hydrogens (primary N) is 1. The van der Waals surface area contributed by atoms with Crippen molar-refractivity contribution in [3.8, 4) is 11.1 Å². The van der Waals surface area contributed by atoms with Crippen LogP contribution in [0.4, 0.5) is 17.1 Å². The van der Waals surface area contributed by atoms with Crippen LogP contribution in [0.15, 0.2) is 119 Å². The lowest BCUT2D eigenvalue weighted by atomic mass is 9.99. The molecule has 12 heteroatoms. The van der Waals surface area contributed by atoms with Crippen molar-refractivity contribution < 1.29 is 9.72 Å². The fraction of sp³-hybridized carbons (Fsp3) is 0.293. The molecule has 0 spiro atoms. The van der Waals surface area contributed by atoms with Gasteiger partial charge in [-0.25, -0.2) is 0 Å². The minimum Gasteiger partial charge on any atom is -0.393 e. The van der Waals surface area contributed by atoms with Crippen molar-refractivity contribution in [3.63, 3.8) is 0 Å². The molecule has 6 rings (SSSR count). The SMILES string of the molecule is CNCCCCSC1=CCCC=C1.Nc1ccc(SNC(=O)c2ccc(N3CCN(Cc4ccccc4-c4ccc(Cl)cc4)CC3)cc2)cc1[N+](=O)[O-]. The van der Waals surface area contributed by atoms with Crippen molar-refractivity contribution in [2.75, 3.05) is 56.2 Å². The molecule has 53 heavy (non-hydrogen) atoms. The monoisotopic (exact) mass is 770 g/mol. The number of allylic oxidation sites excluding steroid dienone is 3. The standard InChI is InChI=1S/C30H28ClN5O3S.C11H19NS/c31-24-9-5-21(6-10-24)27-4-2-1-3-23(27)20-34-15-17-35(18-16-34)25-11-7-22(8-12-25)30(37)33-40-26-13-14-28(32)29(19-26)36(38)39;1-12-9-5-6-10-13-11-7-3-2-4-8-11/h1-14,19H,15-18,20,32H2,(H,33,37);3,7-8,12H,2,4-6,9-10H2,1H3. The van der Waals surface area contributed by atoms with Crippen molar-refractivity contribution >= 4 is 58.3 Å². The maximum atomic E-state index is 12.6. The average molecular weight is 771 g/mol. The summed E-state index contributed by atoms with van der Waals surface area (Å²) in [6, 6.07) is 28.4. The van der Waals surface area contributed by atoms with Crippen molar-refractivity contribution in [2.24, 2.45) is 0 Å². The summed E-state index contributed by atoms with van der Waals surface area (Å²) in [5.74, 6) is 0.984. The first-order chi connectivity index (χ1) is 25.8. The summed E-state index contributed by atoms with van der Waals surface area (Å²) in [7, 11) is 2.01. The fourth-order valence-electron chi connectivity index (χ4n) is 6.00. The molecule has 0 radical (unpaired) electrons. The lowest BCUT2D eigenvalue weighted by Gasteiger charge is -2.36. The normalized spacial score (nSPS) is 14.2. The molecule has 9 nitrogen and oxygen atoms in total. The molecule has 0 bridgehead atoms. The number of unbranched alkanes of at least 4 members (excludes halogenated alkanes) is 1. The van der Waals surface area contributed by atoms with E-state index >= 15 is 0 Å². The number of carbonyl (C=O) groups excluding carboxylic acids is 1. The summed E-state index contributed by atoms with van der Waals surface area (Å²) in [6.07, 6.45) is 11.9. The number of nitro groups is 1. The molecule has 4 N–H and O–H groups in total. The zero-order valence-electron chi connectivity index (χ0n) is 30.0. The third-order valence-electron chi connectivity index (χ3n) is 8.94. The van der Waals surface area contributed by atoms with Crippen LogP contribution in [0, 0.1) is 10.1 Å². The molecule has 1 saturated heterocycles. The first-order valence-corrected chi connectivity index (χ1v) is 20.0. The van der Waals surface area contributed by atoms with Crippen LogP contribution in [-0.4, -0.2) is 61.3 Å². The Kier molecular flexibility index (Phi) is 15.7. The van der Waals surface area contributed by atoms with Crippen LogP contribution in [0.25, 0.3) is 11.1 Å². The van der Waals surface area contributed by atoms with E-state index in [0.717, 1.165) is 67.5 Å². The van der Waals surface area contributed by atoms with E-state index in [1.807, 2.05) is 43.1 Å². The Morgan fingerprint density at radius 1 is 0.943 bits per heavy atom. The molecule has 0 aromatic heterocycles. The van der Waals surface area contributed by atoms with E-state index < -0.39 is 4.92 Å². The Hall–Kier alpha value is -4.26. The molecule has 1 heterocycles. The molecule has 0 saturated carbocycles. The van der Waals surface area contributed by atoms with E-state index in [4.69, 9.17) is 17.3 Å². The van der Waals surface area contributed by atoms with Crippen molar-refractivity contribution in [1.29, 1.82) is 0 Å². The number of nitrogens with zero attached hydrogens (tertiary/aromatic N) is 3. The van der Waals surface area contributed by atoms with Crippen LogP contribution in [0.5, 0.6) is 0 Å². The zero-order chi connectivity index (χ0) is 37.4. The quantitative estimate of drug-likeness (QED) is 0.0380. The summed E-state index contributed by atoms with van der Waals surface area (Å²) in [5, 5.41) is 15.0. The predicted octanol–water partition coefficient (Wildman–Crippen LogP) is 9.21. The van der Waals surface area contributed by atoms with Crippen molar-refractivity contribution in [3.05, 3.63) is 140 Å². The molecule has 0 atom stereocenters. The minimum absolute atomic E-state index is 0.0832. The molecule has 1 aliphatic heterocycles. The number of benzene rings is 4. The summed E-state index contributed by atoms with van der Waals surface area (Å²) < 4.78 is 2.74. The highest BCUT2D eigenvalue weighted by Gasteiger charge is 2.19. The molecule has 2 aliphatic rings. The number of carbonyl (C=O) groups is 1. The van der Waals surface area contributed by atoms with Crippen molar-refractivity contribution in [2.45, 2.75) is 37.1 Å². The third kappa shape index (κ3) is 12.4. The number of rotatable bonds is 14. The van der Waals surface area contributed by atoms with Gasteiger partial charge < -0.3 is 16.0 Å². The van der Waals surface area contributed by atoms with E-state index in [1.165, 1.54) is 59.6 Å². The van der Waals surface area contributed by atoms with E-state index in [1.54, 1.807) is 18.2 Å². The fourth-order valence-corrected chi connectivity index (χ4v) is 7.77. The minimum atomic E-state index is -0.542. The van der Waals surface area contributed by atoms with Gasteiger partial charge in [0.05, 0.1) is 4.92 Å². The topological polar surface area (TPSA) is 117 Å². The van der Waals surface area contributed by atoms with Gasteiger partial charge in [-0.05, 0) is 122 Å². The Morgan fingerprint density at radius 3 is 2.40 bits per heavy atom. The summed E-state index contributed by atoms with van der Waals surface area (Å²) in [4.78, 5) is 30.0. The number of nitrogens with one attached hydrogen (secondary N) is 2. The molecule has 278 valence electrons. The maximum Gasteiger partial charge on any atom is 0.293 e. The van der Waals surface area contributed by atoms with E-state index in [9.17, 15) is 14.9 Å². The predicted molar refractivity (Wildman–Crippen MR) is 224 cm³/mol. The number of piperazine rings is 1. The number of hydrogen-bond acceptors (Lipinski definition) is 9. The molecule has 1 amide bonds. The first-order valence-electron chi connectivity index (χ1n) is 17.9. The van der Waals surface area contributed by atoms with E-state index in [2.05, 4.69) is 74.5 Å². The number of thioether (sulfide) groups is 1. The number of hydrogen-bond donors (Lipinski definition) is 3. The molecule has 0 unspecified atom stereocenters. The van der Waals surface area contributed by atoms with Crippen LogP contribution in [-0.2, 0) is 6.54 Å². The molecular weight excluding hydrogens is 724 g/mol. The Bertz CT molecular complexity index is 1860. The van der Waals surface area contributed by atoms with Crippen LogP contribution < -0.4 is 20.7 Å². The molecular formula is C41H47ClN6O3S2. The van der Waals surface area contributed by atoms with Gasteiger partial charge in [-0.2, -0.15) is 0 Å². The Labute approximate surface area is 326 Å². The zero-order valence-corrected chi connectivity index (χ0v) is 32.4. The van der Waals surface area contributed by atoms with E-state index in [0.29, 0.717) is 10.5 Å². The van der Waals surface area contributed by atoms with Gasteiger partial charge in [0.1, 0.15) is 5.69 Å². The highest BCUT2D eigenvalue weighted by Crippen LogP contribution is 2.29. The number of amides is 1. The van der Waals surface area contributed by atoms with Gasteiger partial charge in [-0.3, -0.25) is 24.5 Å². The maximum absolute atomic E-state index is 12.6. The smallest absolute Gasteiger partial charge is 0.293 e. The second kappa shape index (κ2) is 20.8. The van der Waals surface area contributed by atoms with Crippen LogP contribution >= 0.6 is 35.3 Å². The summed E-state index contributed by atoms with van der Waals surface area (Å²) in [5.41, 5.74) is 10.8. The lowest BCUT2D eigenvalue weighted by Crippen LogP contribution is -2.46.